The normalized spacial score (nSPS) is 19.9. The van der Waals surface area contributed by atoms with Crippen LogP contribution in [-0.2, 0) is 0 Å². The van der Waals surface area contributed by atoms with Crippen LogP contribution in [0.1, 0.15) is 34.7 Å². The van der Waals surface area contributed by atoms with Crippen LogP contribution in [0.5, 0.6) is 5.75 Å². The highest BCUT2D eigenvalue weighted by Gasteiger charge is 2.42. The monoisotopic (exact) mass is 538 g/mol. The van der Waals surface area contributed by atoms with Crippen molar-refractivity contribution in [2.45, 2.75) is 18.7 Å². The molecule has 0 aliphatic carbocycles. The van der Waals surface area contributed by atoms with E-state index in [-0.39, 0.29) is 12.3 Å². The molecule has 3 aromatic carbocycles. The van der Waals surface area contributed by atoms with Gasteiger partial charge in [0.05, 0.1) is 21.1 Å². The number of benzene rings is 3. The molecule has 0 amide bonds. The molecule has 0 bridgehead atoms. The molecular weight excluding hydrogens is 524 g/mol. The zero-order chi connectivity index (χ0) is 20.2. The van der Waals surface area contributed by atoms with E-state index in [1.165, 1.54) is 16.3 Å². The van der Waals surface area contributed by atoms with Crippen LogP contribution in [0.15, 0.2) is 86.2 Å². The second kappa shape index (κ2) is 7.22. The number of hydrogen-bond donors (Lipinski definition) is 0. The predicted molar refractivity (Wildman–Crippen MR) is 129 cm³/mol. The van der Waals surface area contributed by atoms with Crippen molar-refractivity contribution < 1.29 is 4.74 Å². The highest BCUT2D eigenvalue weighted by Crippen LogP contribution is 2.51. The first-order valence-electron chi connectivity index (χ1n) is 9.71. The van der Waals surface area contributed by atoms with Gasteiger partial charge in [0, 0.05) is 16.5 Å². The minimum atomic E-state index is -0.224. The number of fused-ring (bicyclic) bond motifs is 4. The number of hydrogen-bond acceptors (Lipinski definition) is 4. The summed E-state index contributed by atoms with van der Waals surface area (Å²) in [5.74, 6) is 0.910. The average molecular weight is 540 g/mol. The van der Waals surface area contributed by atoms with E-state index >= 15 is 0 Å². The number of hydrazone groups is 1. The summed E-state index contributed by atoms with van der Waals surface area (Å²) in [6.07, 6.45) is 0.623. The van der Waals surface area contributed by atoms with Crippen LogP contribution in [0.3, 0.4) is 0 Å². The summed E-state index contributed by atoms with van der Waals surface area (Å²) < 4.78 is 8.49. The van der Waals surface area contributed by atoms with Gasteiger partial charge in [-0.15, -0.1) is 11.3 Å². The molecule has 2 atom stereocenters. The number of ether oxygens (including phenoxy) is 1. The number of nitrogens with zero attached hydrogens (tertiary/aromatic N) is 2. The van der Waals surface area contributed by atoms with Gasteiger partial charge in [-0.25, -0.2) is 5.01 Å². The molecule has 3 heterocycles. The third-order valence-corrected chi connectivity index (χ3v) is 7.63. The van der Waals surface area contributed by atoms with Gasteiger partial charge in [0.2, 0.25) is 6.23 Å². The van der Waals surface area contributed by atoms with Gasteiger partial charge >= 0.3 is 0 Å². The summed E-state index contributed by atoms with van der Waals surface area (Å²) in [6.45, 7) is 0. The quantitative estimate of drug-likeness (QED) is 0.261. The maximum atomic E-state index is 6.49. The Bertz CT molecular complexity index is 1300. The Kier molecular flexibility index (Phi) is 4.48. The Morgan fingerprint density at radius 3 is 2.67 bits per heavy atom. The Morgan fingerprint density at radius 2 is 1.83 bits per heavy atom. The molecule has 1 aromatic heterocycles. The highest BCUT2D eigenvalue weighted by atomic mass is 79.9. The van der Waals surface area contributed by atoms with Crippen LogP contribution in [0.25, 0.3) is 10.8 Å². The van der Waals surface area contributed by atoms with Crippen molar-refractivity contribution in [2.75, 3.05) is 0 Å². The van der Waals surface area contributed by atoms with Crippen LogP contribution in [-0.4, -0.2) is 10.7 Å². The fourth-order valence-electron chi connectivity index (χ4n) is 4.28. The van der Waals surface area contributed by atoms with Crippen molar-refractivity contribution in [3.8, 4) is 5.75 Å². The third-order valence-electron chi connectivity index (χ3n) is 5.68. The minimum absolute atomic E-state index is 0.135. The summed E-state index contributed by atoms with van der Waals surface area (Å²) >= 11 is 9.04. The molecule has 0 saturated carbocycles. The minimum Gasteiger partial charge on any atom is -0.462 e. The molecule has 0 N–H and O–H groups in total. The first-order chi connectivity index (χ1) is 14.7. The second-order valence-electron chi connectivity index (χ2n) is 7.50. The molecule has 0 unspecified atom stereocenters. The zero-order valence-corrected chi connectivity index (χ0v) is 19.7. The summed E-state index contributed by atoms with van der Waals surface area (Å²) in [6, 6.07) is 23.6. The molecule has 3 nitrogen and oxygen atoms in total. The lowest BCUT2D eigenvalue weighted by Crippen LogP contribution is -2.33. The largest absolute Gasteiger partial charge is 0.462 e. The first-order valence-corrected chi connectivity index (χ1v) is 12.2. The molecule has 30 heavy (non-hydrogen) atoms. The average Bonchev–Trinajstić information content (AvgIpc) is 3.43. The van der Waals surface area contributed by atoms with E-state index < -0.39 is 0 Å². The van der Waals surface area contributed by atoms with E-state index in [1.54, 1.807) is 11.3 Å². The SMILES string of the molecule is Brc1cc(Br)c2c(c1)[C@@H]1CC(c3ccc4ccccc4c3)=NN1[C@@H](c1cccs1)O2. The van der Waals surface area contributed by atoms with Crippen LogP contribution >= 0.6 is 43.2 Å². The van der Waals surface area contributed by atoms with Crippen molar-refractivity contribution in [3.63, 3.8) is 0 Å². The van der Waals surface area contributed by atoms with Gasteiger partial charge in [0.1, 0.15) is 5.75 Å². The predicted octanol–water partition coefficient (Wildman–Crippen LogP) is 7.67. The van der Waals surface area contributed by atoms with E-state index in [4.69, 9.17) is 9.84 Å². The van der Waals surface area contributed by atoms with E-state index in [2.05, 4.69) is 103 Å². The first kappa shape index (κ1) is 18.6. The number of halogens is 2. The maximum absolute atomic E-state index is 6.49. The molecule has 0 radical (unpaired) electrons. The van der Waals surface area contributed by atoms with Crippen LogP contribution < -0.4 is 4.74 Å². The molecule has 0 spiro atoms. The fraction of sp³-hybridized carbons (Fsp3) is 0.125. The highest BCUT2D eigenvalue weighted by molar-refractivity contribution is 9.11. The Labute approximate surface area is 195 Å². The lowest BCUT2D eigenvalue weighted by molar-refractivity contribution is -0.0172. The van der Waals surface area contributed by atoms with Gasteiger partial charge in [0.15, 0.2) is 0 Å². The fourth-order valence-corrected chi connectivity index (χ4v) is 6.37. The van der Waals surface area contributed by atoms with Crippen molar-refractivity contribution in [2.24, 2.45) is 5.10 Å². The van der Waals surface area contributed by atoms with Gasteiger partial charge in [0.25, 0.3) is 0 Å². The molecular formula is C24H16Br2N2OS. The summed E-state index contributed by atoms with van der Waals surface area (Å²) in [4.78, 5) is 1.16. The summed E-state index contributed by atoms with van der Waals surface area (Å²) in [5.41, 5.74) is 3.42. The smallest absolute Gasteiger partial charge is 0.223 e. The molecule has 2 aliphatic rings. The standard InChI is InChI=1S/C24H16Br2N2OS/c25-17-11-18-21-13-20(16-8-7-14-4-1-2-5-15(14)10-16)27-28(21)24(22-6-3-9-30-22)29-23(18)19(26)12-17/h1-12,21,24H,13H2/t21-,24+/m0/s1. The molecule has 2 aliphatic heterocycles. The Hall–Kier alpha value is -2.15. The van der Waals surface area contributed by atoms with Gasteiger partial charge in [-0.3, -0.25) is 0 Å². The Balaban J connectivity index is 1.47. The molecule has 6 rings (SSSR count). The summed E-state index contributed by atoms with van der Waals surface area (Å²) in [7, 11) is 0. The van der Waals surface area contributed by atoms with Crippen molar-refractivity contribution in [3.05, 3.63) is 97.1 Å². The molecule has 0 fully saturated rings. The number of thiophene rings is 1. The Morgan fingerprint density at radius 1 is 0.967 bits per heavy atom. The third kappa shape index (κ3) is 3.01. The zero-order valence-electron chi connectivity index (χ0n) is 15.8. The molecule has 4 aromatic rings. The van der Waals surface area contributed by atoms with Gasteiger partial charge in [-0.2, -0.15) is 5.10 Å². The van der Waals surface area contributed by atoms with E-state index in [1.807, 2.05) is 6.07 Å². The molecule has 0 saturated heterocycles. The topological polar surface area (TPSA) is 24.8 Å². The van der Waals surface area contributed by atoms with Crippen molar-refractivity contribution in [1.82, 2.24) is 5.01 Å². The van der Waals surface area contributed by atoms with Crippen molar-refractivity contribution in [1.29, 1.82) is 0 Å². The maximum Gasteiger partial charge on any atom is 0.223 e. The van der Waals surface area contributed by atoms with Gasteiger partial charge in [-0.1, -0.05) is 58.4 Å². The van der Waals surface area contributed by atoms with Crippen LogP contribution in [0.4, 0.5) is 0 Å². The molecule has 148 valence electrons. The lowest BCUT2D eigenvalue weighted by atomic mass is 9.95. The van der Waals surface area contributed by atoms with E-state index in [0.717, 1.165) is 37.3 Å². The lowest BCUT2D eigenvalue weighted by Gasteiger charge is -2.38. The van der Waals surface area contributed by atoms with E-state index in [0.29, 0.717) is 0 Å². The molecule has 6 heteroatoms. The van der Waals surface area contributed by atoms with Gasteiger partial charge in [-0.05, 0) is 61.9 Å². The van der Waals surface area contributed by atoms with Crippen molar-refractivity contribution >= 4 is 59.7 Å². The van der Waals surface area contributed by atoms with E-state index in [9.17, 15) is 0 Å². The van der Waals surface area contributed by atoms with Crippen LogP contribution in [0, 0.1) is 0 Å². The van der Waals surface area contributed by atoms with Gasteiger partial charge < -0.3 is 4.74 Å². The summed E-state index contributed by atoms with van der Waals surface area (Å²) in [5, 5.41) is 11.8. The van der Waals surface area contributed by atoms with Crippen LogP contribution in [0.2, 0.25) is 0 Å². The second-order valence-corrected chi connectivity index (χ2v) is 10.2. The number of rotatable bonds is 2.